The van der Waals surface area contributed by atoms with Gasteiger partial charge in [-0.2, -0.15) is 5.26 Å². The summed E-state index contributed by atoms with van der Waals surface area (Å²) in [6.45, 7) is 0. The lowest BCUT2D eigenvalue weighted by atomic mass is 10.0. The van der Waals surface area contributed by atoms with Crippen LogP contribution >= 0.6 is 0 Å². The van der Waals surface area contributed by atoms with Crippen molar-refractivity contribution in [2.75, 3.05) is 7.05 Å². The molecule has 4 aromatic rings. The largest absolute Gasteiger partial charge is 0.361 e. The minimum atomic E-state index is -0.795. The summed E-state index contributed by atoms with van der Waals surface area (Å²) in [6.07, 6.45) is 5.88. The van der Waals surface area contributed by atoms with Gasteiger partial charge in [0, 0.05) is 37.0 Å². The Bertz CT molecular complexity index is 1330. The number of hydrogen-bond donors (Lipinski definition) is 2. The maximum atomic E-state index is 12.8. The van der Waals surface area contributed by atoms with Crippen molar-refractivity contribution in [2.24, 2.45) is 0 Å². The number of aromatic nitrogens is 1. The Balaban J connectivity index is 1.41. The summed E-state index contributed by atoms with van der Waals surface area (Å²) in [4.78, 5) is 29.7. The molecule has 6 nitrogen and oxygen atoms in total. The van der Waals surface area contributed by atoms with Gasteiger partial charge in [-0.05, 0) is 40.8 Å². The molecule has 0 spiro atoms. The number of aryl methyl sites for hydroxylation is 1. The summed E-state index contributed by atoms with van der Waals surface area (Å²) in [5.41, 5.74) is 3.18. The zero-order valence-corrected chi connectivity index (χ0v) is 18.5. The van der Waals surface area contributed by atoms with Gasteiger partial charge in [0.15, 0.2) is 6.19 Å². The van der Waals surface area contributed by atoms with E-state index in [1.165, 1.54) is 12.6 Å². The number of nitrogens with one attached hydrogen (secondary N) is 2. The molecule has 0 radical (unpaired) electrons. The second kappa shape index (κ2) is 10.0. The molecule has 1 unspecified atom stereocenters. The van der Waals surface area contributed by atoms with Gasteiger partial charge >= 0.3 is 0 Å². The molecule has 0 aliphatic carbocycles. The molecule has 2 amide bonds. The van der Waals surface area contributed by atoms with E-state index in [0.717, 1.165) is 38.6 Å². The lowest BCUT2D eigenvalue weighted by molar-refractivity contribution is -0.133. The Labute approximate surface area is 192 Å². The molecule has 2 N–H and O–H groups in total. The first kappa shape index (κ1) is 22.1. The zero-order chi connectivity index (χ0) is 23.2. The SMILES string of the molecule is CN(C#N)C(=O)C(Cc1ccc2ccccc2c1)NC(=O)CCCc1c[nH]c2ccccc12. The van der Waals surface area contributed by atoms with Crippen LogP contribution in [-0.4, -0.2) is 34.8 Å². The van der Waals surface area contributed by atoms with Crippen LogP contribution in [-0.2, 0) is 22.4 Å². The molecule has 0 saturated heterocycles. The molecule has 1 aromatic heterocycles. The molecule has 4 rings (SSSR count). The van der Waals surface area contributed by atoms with E-state index in [1.807, 2.05) is 73.1 Å². The predicted octanol–water partition coefficient (Wildman–Crippen LogP) is 4.31. The monoisotopic (exact) mass is 438 g/mol. The van der Waals surface area contributed by atoms with Gasteiger partial charge in [0.25, 0.3) is 5.91 Å². The number of para-hydroxylation sites is 1. The van der Waals surface area contributed by atoms with Crippen molar-refractivity contribution in [1.82, 2.24) is 15.2 Å². The number of benzene rings is 3. The minimum absolute atomic E-state index is 0.194. The summed E-state index contributed by atoms with van der Waals surface area (Å²) in [7, 11) is 1.42. The molecule has 0 bridgehead atoms. The van der Waals surface area contributed by atoms with Crippen molar-refractivity contribution in [3.8, 4) is 6.19 Å². The predicted molar refractivity (Wildman–Crippen MR) is 129 cm³/mol. The highest BCUT2D eigenvalue weighted by molar-refractivity contribution is 5.89. The minimum Gasteiger partial charge on any atom is -0.361 e. The third-order valence-corrected chi connectivity index (χ3v) is 5.89. The standard InChI is InChI=1S/C27H26N4O2/c1-31(18-28)27(33)25(16-19-13-14-20-7-2-3-8-21(20)15-19)30-26(32)12-6-9-22-17-29-24-11-5-4-10-23(22)24/h2-5,7-8,10-11,13-15,17,25,29H,6,9,12,16H2,1H3,(H,30,32). The van der Waals surface area contributed by atoms with Crippen LogP contribution in [0.25, 0.3) is 21.7 Å². The van der Waals surface area contributed by atoms with Crippen LogP contribution in [0.5, 0.6) is 0 Å². The first-order valence-corrected chi connectivity index (χ1v) is 11.0. The van der Waals surface area contributed by atoms with Crippen LogP contribution in [0.2, 0.25) is 0 Å². The van der Waals surface area contributed by atoms with E-state index in [-0.39, 0.29) is 5.91 Å². The van der Waals surface area contributed by atoms with Crippen molar-refractivity contribution in [3.05, 3.63) is 84.1 Å². The average molecular weight is 439 g/mol. The second-order valence-electron chi connectivity index (χ2n) is 8.22. The quantitative estimate of drug-likeness (QED) is 0.317. The third kappa shape index (κ3) is 5.21. The van der Waals surface area contributed by atoms with Gasteiger partial charge in [0.05, 0.1) is 0 Å². The molecular weight excluding hydrogens is 412 g/mol. The number of hydrogen-bond acceptors (Lipinski definition) is 3. The van der Waals surface area contributed by atoms with Gasteiger partial charge in [0.2, 0.25) is 5.91 Å². The third-order valence-electron chi connectivity index (χ3n) is 5.89. The van der Waals surface area contributed by atoms with E-state index in [2.05, 4.69) is 16.4 Å². The molecule has 0 aliphatic heterocycles. The van der Waals surface area contributed by atoms with E-state index in [9.17, 15) is 9.59 Å². The average Bonchev–Trinajstić information content (AvgIpc) is 3.25. The van der Waals surface area contributed by atoms with Crippen LogP contribution < -0.4 is 5.32 Å². The van der Waals surface area contributed by atoms with Gasteiger partial charge in [-0.3, -0.25) is 14.5 Å². The summed E-state index contributed by atoms with van der Waals surface area (Å²) in [5.74, 6) is -0.615. The van der Waals surface area contributed by atoms with E-state index < -0.39 is 11.9 Å². The molecule has 166 valence electrons. The molecule has 1 heterocycles. The molecule has 6 heteroatoms. The van der Waals surface area contributed by atoms with Crippen LogP contribution in [0, 0.1) is 11.5 Å². The molecular formula is C27H26N4O2. The van der Waals surface area contributed by atoms with Crippen LogP contribution in [0.1, 0.15) is 24.0 Å². The van der Waals surface area contributed by atoms with Gasteiger partial charge < -0.3 is 10.3 Å². The van der Waals surface area contributed by atoms with Crippen molar-refractivity contribution >= 4 is 33.5 Å². The summed E-state index contributed by atoms with van der Waals surface area (Å²) >= 11 is 0. The van der Waals surface area contributed by atoms with Gasteiger partial charge in [0.1, 0.15) is 6.04 Å². The number of rotatable bonds is 8. The Morgan fingerprint density at radius 3 is 2.64 bits per heavy atom. The van der Waals surface area contributed by atoms with E-state index in [1.54, 1.807) is 0 Å². The molecule has 1 atom stereocenters. The Morgan fingerprint density at radius 2 is 1.82 bits per heavy atom. The highest BCUT2D eigenvalue weighted by Crippen LogP contribution is 2.20. The number of fused-ring (bicyclic) bond motifs is 2. The summed E-state index contributed by atoms with van der Waals surface area (Å²) < 4.78 is 0. The van der Waals surface area contributed by atoms with Gasteiger partial charge in [-0.25, -0.2) is 0 Å². The van der Waals surface area contributed by atoms with Gasteiger partial charge in [-0.1, -0.05) is 60.7 Å². The number of amides is 2. The number of carbonyl (C=O) groups is 2. The highest BCUT2D eigenvalue weighted by atomic mass is 16.2. The lowest BCUT2D eigenvalue weighted by Crippen LogP contribution is -2.47. The number of carbonyl (C=O) groups excluding carboxylic acids is 2. The Morgan fingerprint density at radius 1 is 1.06 bits per heavy atom. The van der Waals surface area contributed by atoms with Crippen molar-refractivity contribution in [2.45, 2.75) is 31.7 Å². The Kier molecular flexibility index (Phi) is 6.70. The molecule has 0 fully saturated rings. The van der Waals surface area contributed by atoms with E-state index in [4.69, 9.17) is 5.26 Å². The maximum absolute atomic E-state index is 12.8. The fraction of sp³-hybridized carbons (Fsp3) is 0.222. The number of nitrogens with zero attached hydrogens (tertiary/aromatic N) is 2. The van der Waals surface area contributed by atoms with Crippen molar-refractivity contribution < 1.29 is 9.59 Å². The highest BCUT2D eigenvalue weighted by Gasteiger charge is 2.24. The van der Waals surface area contributed by atoms with Gasteiger partial charge in [-0.15, -0.1) is 0 Å². The number of likely N-dealkylation sites (N-methyl/N-ethyl adjacent to an activating group) is 1. The van der Waals surface area contributed by atoms with E-state index in [0.29, 0.717) is 19.3 Å². The fourth-order valence-electron chi connectivity index (χ4n) is 4.13. The number of nitriles is 1. The lowest BCUT2D eigenvalue weighted by Gasteiger charge is -2.20. The van der Waals surface area contributed by atoms with E-state index >= 15 is 0 Å². The molecule has 3 aromatic carbocycles. The summed E-state index contributed by atoms with van der Waals surface area (Å²) in [6, 6.07) is 21.3. The van der Waals surface area contributed by atoms with Crippen molar-refractivity contribution in [3.63, 3.8) is 0 Å². The molecule has 0 aliphatic rings. The smallest absolute Gasteiger partial charge is 0.258 e. The maximum Gasteiger partial charge on any atom is 0.258 e. The first-order valence-electron chi connectivity index (χ1n) is 11.0. The summed E-state index contributed by atoms with van der Waals surface area (Å²) in [5, 5.41) is 15.4. The normalized spacial score (nSPS) is 11.8. The number of aromatic amines is 1. The number of H-pyrrole nitrogens is 1. The molecule has 33 heavy (non-hydrogen) atoms. The Hall–Kier alpha value is -4.11. The van der Waals surface area contributed by atoms with Crippen LogP contribution in [0.3, 0.4) is 0 Å². The molecule has 0 saturated carbocycles. The van der Waals surface area contributed by atoms with Crippen molar-refractivity contribution in [1.29, 1.82) is 5.26 Å². The van der Waals surface area contributed by atoms with Crippen LogP contribution in [0.4, 0.5) is 0 Å². The topological polar surface area (TPSA) is 89.0 Å². The fourth-order valence-corrected chi connectivity index (χ4v) is 4.13. The second-order valence-corrected chi connectivity index (χ2v) is 8.22. The first-order chi connectivity index (χ1) is 16.0. The van der Waals surface area contributed by atoms with Crippen LogP contribution in [0.15, 0.2) is 72.9 Å². The zero-order valence-electron chi connectivity index (χ0n) is 18.5.